The van der Waals surface area contributed by atoms with E-state index in [-0.39, 0.29) is 11.4 Å². The van der Waals surface area contributed by atoms with Crippen LogP contribution in [0.2, 0.25) is 0 Å². The summed E-state index contributed by atoms with van der Waals surface area (Å²) in [6, 6.07) is 7.67. The highest BCUT2D eigenvalue weighted by atomic mass is 16.5. The molecule has 0 N–H and O–H groups in total. The lowest BCUT2D eigenvalue weighted by Crippen LogP contribution is -2.37. The van der Waals surface area contributed by atoms with Crippen molar-refractivity contribution in [3.05, 3.63) is 46.9 Å². The fourth-order valence-electron chi connectivity index (χ4n) is 5.10. The number of anilines is 2. The third-order valence-electron chi connectivity index (χ3n) is 6.98. The summed E-state index contributed by atoms with van der Waals surface area (Å²) in [5, 5.41) is 8.81. The first-order valence-electron chi connectivity index (χ1n) is 11.5. The van der Waals surface area contributed by atoms with Crippen LogP contribution < -0.4 is 9.80 Å². The Morgan fingerprint density at radius 2 is 1.88 bits per heavy atom. The molecule has 33 heavy (non-hydrogen) atoms. The van der Waals surface area contributed by atoms with E-state index in [4.69, 9.17) is 14.7 Å². The Kier molecular flexibility index (Phi) is 4.52. The first-order chi connectivity index (χ1) is 15.9. The van der Waals surface area contributed by atoms with Crippen molar-refractivity contribution in [3.63, 3.8) is 0 Å². The predicted molar refractivity (Wildman–Crippen MR) is 123 cm³/mol. The number of rotatable bonds is 3. The van der Waals surface area contributed by atoms with E-state index in [0.29, 0.717) is 31.1 Å². The zero-order valence-corrected chi connectivity index (χ0v) is 19.2. The first kappa shape index (κ1) is 20.3. The van der Waals surface area contributed by atoms with Crippen LogP contribution in [0.25, 0.3) is 11.5 Å². The molecule has 0 unspecified atom stereocenters. The molecule has 0 aromatic carbocycles. The molecule has 9 nitrogen and oxygen atoms in total. The molecular formula is C24H27N7O2. The third-order valence-corrected chi connectivity index (χ3v) is 6.98. The van der Waals surface area contributed by atoms with Gasteiger partial charge in [0.05, 0.1) is 25.3 Å². The number of pyridine rings is 2. The van der Waals surface area contributed by atoms with Crippen molar-refractivity contribution in [2.75, 3.05) is 36.1 Å². The van der Waals surface area contributed by atoms with Gasteiger partial charge in [0.2, 0.25) is 0 Å². The van der Waals surface area contributed by atoms with E-state index in [1.165, 1.54) is 0 Å². The summed E-state index contributed by atoms with van der Waals surface area (Å²) in [6.07, 6.45) is 1.94. The molecule has 0 saturated carbocycles. The number of hydrogen-bond donors (Lipinski definition) is 0. The largest absolute Gasteiger partial charge is 0.378 e. The van der Waals surface area contributed by atoms with E-state index in [9.17, 15) is 4.79 Å². The Morgan fingerprint density at radius 1 is 1.06 bits per heavy atom. The molecule has 0 atom stereocenters. The van der Waals surface area contributed by atoms with Gasteiger partial charge in [-0.1, -0.05) is 6.07 Å². The van der Waals surface area contributed by atoms with Crippen LogP contribution in [0.3, 0.4) is 0 Å². The van der Waals surface area contributed by atoms with Gasteiger partial charge in [0.15, 0.2) is 5.82 Å². The number of carbonyl (C=O) groups excluding carboxylic acids is 1. The van der Waals surface area contributed by atoms with E-state index in [0.717, 1.165) is 60.3 Å². The molecular weight excluding hydrogens is 418 g/mol. The lowest BCUT2D eigenvalue weighted by Gasteiger charge is -2.28. The maximum atomic E-state index is 13.5. The second-order valence-corrected chi connectivity index (χ2v) is 9.55. The molecule has 3 aromatic heterocycles. The minimum Gasteiger partial charge on any atom is -0.378 e. The number of nitrogens with zero attached hydrogens (tertiary/aromatic N) is 7. The SMILES string of the molecule is Cc1nc(N2CCOCC2)cc2c1CN(c1cccc(-c3nnc4n3C(C)(C)CC4)n1)C2=O. The molecule has 170 valence electrons. The lowest BCUT2D eigenvalue weighted by molar-refractivity contribution is 0.0996. The first-order valence-corrected chi connectivity index (χ1v) is 11.5. The fourth-order valence-corrected chi connectivity index (χ4v) is 5.10. The third kappa shape index (κ3) is 3.21. The molecule has 3 aliphatic heterocycles. The highest BCUT2D eigenvalue weighted by molar-refractivity contribution is 6.10. The van der Waals surface area contributed by atoms with E-state index in [1.54, 1.807) is 4.90 Å². The molecule has 9 heteroatoms. The highest BCUT2D eigenvalue weighted by Gasteiger charge is 2.35. The maximum absolute atomic E-state index is 13.5. The van der Waals surface area contributed by atoms with E-state index in [2.05, 4.69) is 33.5 Å². The van der Waals surface area contributed by atoms with Gasteiger partial charge in [-0.3, -0.25) is 9.69 Å². The number of aryl methyl sites for hydroxylation is 2. The normalized spacial score (nSPS) is 19.2. The van der Waals surface area contributed by atoms with Gasteiger partial charge in [-0.05, 0) is 45.4 Å². The molecule has 1 saturated heterocycles. The summed E-state index contributed by atoms with van der Waals surface area (Å²) < 4.78 is 7.64. The zero-order valence-electron chi connectivity index (χ0n) is 19.2. The quantitative estimate of drug-likeness (QED) is 0.612. The number of aromatic nitrogens is 5. The number of hydrogen-bond acceptors (Lipinski definition) is 7. The second-order valence-electron chi connectivity index (χ2n) is 9.55. The summed E-state index contributed by atoms with van der Waals surface area (Å²) in [7, 11) is 0. The van der Waals surface area contributed by atoms with Crippen LogP contribution in [0.15, 0.2) is 24.3 Å². The van der Waals surface area contributed by atoms with Crippen molar-refractivity contribution in [1.29, 1.82) is 0 Å². The molecule has 1 amide bonds. The maximum Gasteiger partial charge on any atom is 0.260 e. The Hall–Kier alpha value is -3.33. The minimum atomic E-state index is -0.0514. The van der Waals surface area contributed by atoms with Crippen LogP contribution >= 0.6 is 0 Å². The zero-order chi connectivity index (χ0) is 22.7. The molecule has 0 aliphatic carbocycles. The molecule has 0 radical (unpaired) electrons. The fraction of sp³-hybridized carbons (Fsp3) is 0.458. The number of carbonyl (C=O) groups is 1. The molecule has 3 aliphatic rings. The molecule has 6 rings (SSSR count). The van der Waals surface area contributed by atoms with Gasteiger partial charge in [0.1, 0.15) is 23.2 Å². The van der Waals surface area contributed by atoms with Crippen LogP contribution in [0, 0.1) is 6.92 Å². The molecule has 0 bridgehead atoms. The molecule has 1 fully saturated rings. The van der Waals surface area contributed by atoms with Crippen molar-refractivity contribution in [2.24, 2.45) is 0 Å². The highest BCUT2D eigenvalue weighted by Crippen LogP contribution is 2.36. The number of morpholine rings is 1. The predicted octanol–water partition coefficient (Wildman–Crippen LogP) is 2.72. The van der Waals surface area contributed by atoms with Crippen molar-refractivity contribution in [1.82, 2.24) is 24.7 Å². The van der Waals surface area contributed by atoms with Gasteiger partial charge in [0, 0.05) is 36.3 Å². The van der Waals surface area contributed by atoms with Crippen molar-refractivity contribution < 1.29 is 9.53 Å². The van der Waals surface area contributed by atoms with Crippen LogP contribution in [0.1, 0.15) is 47.7 Å². The van der Waals surface area contributed by atoms with Gasteiger partial charge in [-0.15, -0.1) is 10.2 Å². The standard InChI is InChI=1S/C24H27N7O2/c1-15-17-14-30(23(32)16(17)13-21(25-15)29-9-11-33-12-10-29)19-6-4-5-18(26-19)22-28-27-20-7-8-24(2,3)31(20)22/h4-6,13H,7-12,14H2,1-3H3. The minimum absolute atomic E-state index is 0.0403. The number of fused-ring (bicyclic) bond motifs is 2. The number of amides is 1. The van der Waals surface area contributed by atoms with Crippen molar-refractivity contribution in [2.45, 2.75) is 45.7 Å². The average Bonchev–Trinajstić information content (AvgIpc) is 3.49. The van der Waals surface area contributed by atoms with E-state index >= 15 is 0 Å². The molecule has 6 heterocycles. The van der Waals surface area contributed by atoms with E-state index < -0.39 is 0 Å². The van der Waals surface area contributed by atoms with Crippen molar-refractivity contribution in [3.8, 4) is 11.5 Å². The Morgan fingerprint density at radius 3 is 2.70 bits per heavy atom. The molecule has 0 spiro atoms. The van der Waals surface area contributed by atoms with Gasteiger partial charge in [0.25, 0.3) is 5.91 Å². The monoisotopic (exact) mass is 445 g/mol. The number of ether oxygens (including phenoxy) is 1. The van der Waals surface area contributed by atoms with Crippen molar-refractivity contribution >= 4 is 17.5 Å². The van der Waals surface area contributed by atoms with Gasteiger partial charge in [-0.25, -0.2) is 9.97 Å². The Labute approximate surface area is 192 Å². The second kappa shape index (κ2) is 7.34. The van der Waals surface area contributed by atoms with Crippen LogP contribution in [0.4, 0.5) is 11.6 Å². The summed E-state index contributed by atoms with van der Waals surface area (Å²) in [4.78, 5) is 27.0. The summed E-state index contributed by atoms with van der Waals surface area (Å²) in [6.45, 7) is 9.76. The van der Waals surface area contributed by atoms with Crippen LogP contribution in [-0.2, 0) is 23.2 Å². The summed E-state index contributed by atoms with van der Waals surface area (Å²) in [5.74, 6) is 3.17. The van der Waals surface area contributed by atoms with Crippen LogP contribution in [0.5, 0.6) is 0 Å². The Bertz CT molecular complexity index is 1260. The van der Waals surface area contributed by atoms with Gasteiger partial charge >= 0.3 is 0 Å². The van der Waals surface area contributed by atoms with Gasteiger partial charge < -0.3 is 14.2 Å². The van der Waals surface area contributed by atoms with E-state index in [1.807, 2.05) is 31.2 Å². The topological polar surface area (TPSA) is 89.3 Å². The van der Waals surface area contributed by atoms with Crippen LogP contribution in [-0.4, -0.2) is 56.9 Å². The lowest BCUT2D eigenvalue weighted by atomic mass is 10.0. The summed E-state index contributed by atoms with van der Waals surface area (Å²) >= 11 is 0. The average molecular weight is 446 g/mol. The smallest absolute Gasteiger partial charge is 0.260 e. The van der Waals surface area contributed by atoms with Gasteiger partial charge in [-0.2, -0.15) is 0 Å². The Balaban J connectivity index is 1.34. The summed E-state index contributed by atoms with van der Waals surface area (Å²) in [5.41, 5.74) is 3.24. The molecule has 3 aromatic rings.